The first-order chi connectivity index (χ1) is 12.7. The van der Waals surface area contributed by atoms with E-state index < -0.39 is 5.91 Å². The molecule has 132 valence electrons. The van der Waals surface area contributed by atoms with Crippen molar-refractivity contribution in [3.05, 3.63) is 70.9 Å². The van der Waals surface area contributed by atoms with Crippen LogP contribution < -0.4 is 10.2 Å². The minimum atomic E-state index is -0.391. The van der Waals surface area contributed by atoms with Gasteiger partial charge in [0.15, 0.2) is 0 Å². The molecule has 7 heteroatoms. The topological polar surface area (TPSA) is 79.4 Å². The molecule has 3 aromatic rings. The molecule has 0 atom stereocenters. The lowest BCUT2D eigenvalue weighted by atomic mass is 10.1. The van der Waals surface area contributed by atoms with Gasteiger partial charge in [0.1, 0.15) is 11.4 Å². The Kier molecular flexibility index (Phi) is 5.66. The molecule has 1 amide bonds. The fraction of sp³-hybridized carbons (Fsp3) is 0.105. The van der Waals surface area contributed by atoms with Crippen LogP contribution >= 0.6 is 11.6 Å². The summed E-state index contributed by atoms with van der Waals surface area (Å²) in [6, 6.07) is 16.3. The summed E-state index contributed by atoms with van der Waals surface area (Å²) in [6.45, 7) is 2.54. The van der Waals surface area contributed by atoms with Gasteiger partial charge in [-0.25, -0.2) is 5.43 Å². The first-order valence-electron chi connectivity index (χ1n) is 8.04. The Morgan fingerprint density at radius 3 is 2.77 bits per heavy atom. The van der Waals surface area contributed by atoms with E-state index in [-0.39, 0.29) is 0 Å². The predicted octanol–water partition coefficient (Wildman–Crippen LogP) is 3.89. The fourth-order valence-electron chi connectivity index (χ4n) is 2.29. The van der Waals surface area contributed by atoms with Crippen molar-refractivity contribution in [3.8, 4) is 17.0 Å². The molecule has 2 aromatic carbocycles. The Hall–Kier alpha value is -3.12. The third-order valence-electron chi connectivity index (χ3n) is 3.54. The van der Waals surface area contributed by atoms with Gasteiger partial charge in [0.25, 0.3) is 5.91 Å². The number of aromatic amines is 1. The monoisotopic (exact) mass is 368 g/mol. The molecule has 0 spiro atoms. The van der Waals surface area contributed by atoms with Crippen LogP contribution in [-0.4, -0.2) is 28.9 Å². The average Bonchev–Trinajstić information content (AvgIpc) is 3.14. The average molecular weight is 369 g/mol. The van der Waals surface area contributed by atoms with Crippen LogP contribution in [0.15, 0.2) is 59.7 Å². The first-order valence-corrected chi connectivity index (χ1v) is 8.41. The van der Waals surface area contributed by atoms with Crippen molar-refractivity contribution in [2.24, 2.45) is 5.10 Å². The van der Waals surface area contributed by atoms with E-state index in [1.165, 1.54) is 0 Å². The van der Waals surface area contributed by atoms with E-state index in [9.17, 15) is 4.79 Å². The summed E-state index contributed by atoms with van der Waals surface area (Å²) in [6.07, 6.45) is 1.55. The number of hydrogen-bond donors (Lipinski definition) is 2. The molecule has 0 radical (unpaired) electrons. The van der Waals surface area contributed by atoms with E-state index in [0.29, 0.717) is 23.0 Å². The van der Waals surface area contributed by atoms with E-state index in [0.717, 1.165) is 16.9 Å². The van der Waals surface area contributed by atoms with Gasteiger partial charge in [-0.05, 0) is 48.9 Å². The molecule has 3 rings (SSSR count). The van der Waals surface area contributed by atoms with Crippen LogP contribution in [0.2, 0.25) is 5.02 Å². The second kappa shape index (κ2) is 8.31. The van der Waals surface area contributed by atoms with Crippen LogP contribution in [0.4, 0.5) is 0 Å². The molecule has 2 N–H and O–H groups in total. The summed E-state index contributed by atoms with van der Waals surface area (Å²) in [5, 5.41) is 11.3. The highest BCUT2D eigenvalue weighted by Crippen LogP contribution is 2.26. The number of benzene rings is 2. The van der Waals surface area contributed by atoms with E-state index in [1.54, 1.807) is 18.3 Å². The van der Waals surface area contributed by atoms with Crippen molar-refractivity contribution in [3.63, 3.8) is 0 Å². The van der Waals surface area contributed by atoms with Gasteiger partial charge >= 0.3 is 0 Å². The SMILES string of the molecule is CCOc1ccc(C=NNC(=O)c2cc(-c3ccccc3Cl)n[nH]2)cc1. The van der Waals surface area contributed by atoms with Crippen LogP contribution in [0.1, 0.15) is 23.0 Å². The molecule has 0 unspecified atom stereocenters. The summed E-state index contributed by atoms with van der Waals surface area (Å²) in [4.78, 5) is 12.2. The summed E-state index contributed by atoms with van der Waals surface area (Å²) >= 11 is 6.14. The number of amides is 1. The largest absolute Gasteiger partial charge is 0.494 e. The number of ether oxygens (including phenoxy) is 1. The number of halogens is 1. The highest BCUT2D eigenvalue weighted by Gasteiger charge is 2.12. The standard InChI is InChI=1S/C19H17ClN4O2/c1-2-26-14-9-7-13(8-10-14)12-21-24-19(25)18-11-17(22-23-18)15-5-3-4-6-16(15)20/h3-12H,2H2,1H3,(H,22,23)(H,24,25). The van der Waals surface area contributed by atoms with Crippen molar-refractivity contribution in [2.45, 2.75) is 6.92 Å². The van der Waals surface area contributed by atoms with E-state index in [1.807, 2.05) is 49.4 Å². The minimum Gasteiger partial charge on any atom is -0.494 e. The molecule has 0 aliphatic carbocycles. The number of carbonyl (C=O) groups excluding carboxylic acids is 1. The zero-order valence-electron chi connectivity index (χ0n) is 14.1. The Morgan fingerprint density at radius 2 is 2.04 bits per heavy atom. The maximum Gasteiger partial charge on any atom is 0.289 e. The number of hydrazone groups is 1. The third-order valence-corrected chi connectivity index (χ3v) is 3.87. The maximum absolute atomic E-state index is 12.2. The zero-order chi connectivity index (χ0) is 18.4. The van der Waals surface area contributed by atoms with Crippen LogP contribution in [0.3, 0.4) is 0 Å². The Balaban J connectivity index is 1.63. The smallest absolute Gasteiger partial charge is 0.289 e. The fourth-order valence-corrected chi connectivity index (χ4v) is 2.52. The van der Waals surface area contributed by atoms with Gasteiger partial charge in [-0.1, -0.05) is 29.8 Å². The van der Waals surface area contributed by atoms with Crippen LogP contribution in [0.25, 0.3) is 11.3 Å². The predicted molar refractivity (Wildman–Crippen MR) is 102 cm³/mol. The Labute approximate surface area is 155 Å². The van der Waals surface area contributed by atoms with Gasteiger partial charge in [0.05, 0.1) is 23.5 Å². The Bertz CT molecular complexity index is 919. The van der Waals surface area contributed by atoms with Crippen molar-refractivity contribution in [1.82, 2.24) is 15.6 Å². The highest BCUT2D eigenvalue weighted by molar-refractivity contribution is 6.33. The number of nitrogens with zero attached hydrogens (tertiary/aromatic N) is 2. The summed E-state index contributed by atoms with van der Waals surface area (Å²) in [7, 11) is 0. The van der Waals surface area contributed by atoms with Crippen LogP contribution in [0, 0.1) is 0 Å². The highest BCUT2D eigenvalue weighted by atomic mass is 35.5. The third kappa shape index (κ3) is 4.29. The van der Waals surface area contributed by atoms with Crippen LogP contribution in [-0.2, 0) is 0 Å². The van der Waals surface area contributed by atoms with Gasteiger partial charge in [0.2, 0.25) is 0 Å². The molecule has 0 bridgehead atoms. The van der Waals surface area contributed by atoms with Gasteiger partial charge in [0, 0.05) is 5.56 Å². The van der Waals surface area contributed by atoms with Crippen LogP contribution in [0.5, 0.6) is 5.75 Å². The minimum absolute atomic E-state index is 0.295. The maximum atomic E-state index is 12.2. The number of rotatable bonds is 6. The number of carbonyl (C=O) groups is 1. The number of H-pyrrole nitrogens is 1. The molecule has 1 heterocycles. The molecule has 0 aliphatic rings. The molecular formula is C19H17ClN4O2. The van der Waals surface area contributed by atoms with Crippen molar-refractivity contribution in [1.29, 1.82) is 0 Å². The Morgan fingerprint density at radius 1 is 1.27 bits per heavy atom. The van der Waals surface area contributed by atoms with E-state index in [2.05, 4.69) is 20.7 Å². The molecule has 0 saturated heterocycles. The normalized spacial score (nSPS) is 10.8. The van der Waals surface area contributed by atoms with E-state index >= 15 is 0 Å². The molecule has 26 heavy (non-hydrogen) atoms. The number of aromatic nitrogens is 2. The lowest BCUT2D eigenvalue weighted by Gasteiger charge is -2.02. The molecule has 0 aliphatic heterocycles. The van der Waals surface area contributed by atoms with Crippen molar-refractivity contribution >= 4 is 23.7 Å². The van der Waals surface area contributed by atoms with Crippen molar-refractivity contribution < 1.29 is 9.53 Å². The second-order valence-corrected chi connectivity index (χ2v) is 5.76. The second-order valence-electron chi connectivity index (χ2n) is 5.35. The lowest BCUT2D eigenvalue weighted by Crippen LogP contribution is -2.17. The van der Waals surface area contributed by atoms with Gasteiger partial charge in [-0.3, -0.25) is 9.89 Å². The van der Waals surface area contributed by atoms with Gasteiger partial charge in [-0.15, -0.1) is 0 Å². The summed E-state index contributed by atoms with van der Waals surface area (Å²) in [5.74, 6) is 0.399. The van der Waals surface area contributed by atoms with Gasteiger partial charge < -0.3 is 4.74 Å². The number of hydrogen-bond acceptors (Lipinski definition) is 4. The molecular weight excluding hydrogens is 352 g/mol. The van der Waals surface area contributed by atoms with E-state index in [4.69, 9.17) is 16.3 Å². The molecule has 6 nitrogen and oxygen atoms in total. The van der Waals surface area contributed by atoms with Crippen molar-refractivity contribution in [2.75, 3.05) is 6.61 Å². The lowest BCUT2D eigenvalue weighted by molar-refractivity contribution is 0.0950. The molecule has 0 saturated carbocycles. The summed E-state index contributed by atoms with van der Waals surface area (Å²) in [5.41, 5.74) is 4.95. The van der Waals surface area contributed by atoms with Gasteiger partial charge in [-0.2, -0.15) is 10.2 Å². The first kappa shape index (κ1) is 17.7. The number of nitrogens with one attached hydrogen (secondary N) is 2. The quantitative estimate of drug-likeness (QED) is 0.511. The molecule has 1 aromatic heterocycles. The molecule has 0 fully saturated rings. The zero-order valence-corrected chi connectivity index (χ0v) is 14.8. The summed E-state index contributed by atoms with van der Waals surface area (Å²) < 4.78 is 5.37.